The van der Waals surface area contributed by atoms with E-state index >= 15 is 0 Å². The monoisotopic (exact) mass is 511 g/mol. The topological polar surface area (TPSA) is 54.0 Å². The maximum absolute atomic E-state index is 12.0. The fraction of sp³-hybridized carbons (Fsp3) is 0.517. The Kier molecular flexibility index (Phi) is 11.0. The van der Waals surface area contributed by atoms with Crippen molar-refractivity contribution in [2.24, 2.45) is 0 Å². The van der Waals surface area contributed by atoms with Gasteiger partial charge < -0.3 is 24.6 Å². The Morgan fingerprint density at radius 1 is 1.17 bits per heavy atom. The van der Waals surface area contributed by atoms with Crippen molar-refractivity contribution in [3.8, 4) is 0 Å². The van der Waals surface area contributed by atoms with Crippen LogP contribution in [0.15, 0.2) is 42.5 Å². The van der Waals surface area contributed by atoms with E-state index < -0.39 is 0 Å². The van der Waals surface area contributed by atoms with Crippen LogP contribution < -0.4 is 10.2 Å². The lowest BCUT2D eigenvalue weighted by molar-refractivity contribution is 0.0526. The molecule has 1 aliphatic heterocycles. The first-order valence-electron chi connectivity index (χ1n) is 13.2. The van der Waals surface area contributed by atoms with E-state index in [0.29, 0.717) is 23.9 Å². The SMILES string of the molecule is CCCN1CCCc2cc(CN(CCCOC(C)C)C(=S)Nc3ccc(C(=O)OCC)cc3)ccc21. The van der Waals surface area contributed by atoms with Gasteiger partial charge in [-0.2, -0.15) is 0 Å². The highest BCUT2D eigenvalue weighted by molar-refractivity contribution is 7.80. The van der Waals surface area contributed by atoms with Crippen LogP contribution in [-0.4, -0.2) is 54.9 Å². The first-order valence-corrected chi connectivity index (χ1v) is 13.6. The molecule has 0 amide bonds. The van der Waals surface area contributed by atoms with Gasteiger partial charge in [0, 0.05) is 44.2 Å². The predicted molar refractivity (Wildman–Crippen MR) is 152 cm³/mol. The zero-order valence-electron chi connectivity index (χ0n) is 22.2. The summed E-state index contributed by atoms with van der Waals surface area (Å²) in [6, 6.07) is 14.1. The molecule has 0 bridgehead atoms. The summed E-state index contributed by atoms with van der Waals surface area (Å²) >= 11 is 5.83. The van der Waals surface area contributed by atoms with Crippen LogP contribution in [0.3, 0.4) is 0 Å². The van der Waals surface area contributed by atoms with Gasteiger partial charge in [-0.25, -0.2) is 4.79 Å². The first-order chi connectivity index (χ1) is 17.4. The van der Waals surface area contributed by atoms with Crippen molar-refractivity contribution in [2.75, 3.05) is 43.1 Å². The number of anilines is 2. The van der Waals surface area contributed by atoms with E-state index in [2.05, 4.69) is 54.1 Å². The van der Waals surface area contributed by atoms with Gasteiger partial charge in [0.05, 0.1) is 18.3 Å². The Balaban J connectivity index is 1.70. The van der Waals surface area contributed by atoms with E-state index in [1.807, 2.05) is 12.1 Å². The Morgan fingerprint density at radius 2 is 1.94 bits per heavy atom. The minimum absolute atomic E-state index is 0.216. The third-order valence-corrected chi connectivity index (χ3v) is 6.54. The molecule has 6 nitrogen and oxygen atoms in total. The molecule has 2 aromatic rings. The van der Waals surface area contributed by atoms with E-state index in [0.717, 1.165) is 51.1 Å². The summed E-state index contributed by atoms with van der Waals surface area (Å²) in [7, 11) is 0. The van der Waals surface area contributed by atoms with Crippen molar-refractivity contribution < 1.29 is 14.3 Å². The molecule has 36 heavy (non-hydrogen) atoms. The van der Waals surface area contributed by atoms with E-state index in [-0.39, 0.29) is 12.1 Å². The number of carbonyl (C=O) groups excluding carboxylic acids is 1. The van der Waals surface area contributed by atoms with Gasteiger partial charge in [0.15, 0.2) is 5.11 Å². The molecule has 7 heteroatoms. The number of fused-ring (bicyclic) bond motifs is 1. The number of ether oxygens (including phenoxy) is 2. The second-order valence-corrected chi connectivity index (χ2v) is 9.86. The molecule has 1 heterocycles. The van der Waals surface area contributed by atoms with Gasteiger partial charge in [-0.3, -0.25) is 0 Å². The van der Waals surface area contributed by atoms with Crippen molar-refractivity contribution in [3.05, 3.63) is 59.2 Å². The van der Waals surface area contributed by atoms with E-state index in [1.165, 1.54) is 23.2 Å². The second kappa shape index (κ2) is 14.2. The number of rotatable bonds is 12. The zero-order valence-corrected chi connectivity index (χ0v) is 23.0. The third kappa shape index (κ3) is 8.20. The minimum atomic E-state index is -0.316. The summed E-state index contributed by atoms with van der Waals surface area (Å²) < 4.78 is 10.8. The van der Waals surface area contributed by atoms with E-state index in [4.69, 9.17) is 21.7 Å². The highest BCUT2D eigenvalue weighted by Gasteiger charge is 2.18. The molecule has 0 aliphatic carbocycles. The fourth-order valence-electron chi connectivity index (χ4n) is 4.48. The highest BCUT2D eigenvalue weighted by atomic mass is 32.1. The maximum Gasteiger partial charge on any atom is 0.338 e. The van der Waals surface area contributed by atoms with Crippen LogP contribution in [0.25, 0.3) is 0 Å². The summed E-state index contributed by atoms with van der Waals surface area (Å²) in [5.74, 6) is -0.316. The van der Waals surface area contributed by atoms with Crippen LogP contribution in [0.5, 0.6) is 0 Å². The number of aryl methyl sites for hydroxylation is 1. The molecular weight excluding hydrogens is 470 g/mol. The molecule has 0 saturated heterocycles. The van der Waals surface area contributed by atoms with Gasteiger partial charge in [-0.1, -0.05) is 19.1 Å². The molecule has 0 fully saturated rings. The standard InChI is InChI=1S/C29H41N3O3S/c1-5-16-31-17-7-9-25-20-23(10-15-27(25)31)21-32(18-8-19-35-22(3)4)29(36)30-26-13-11-24(12-14-26)28(33)34-6-2/h10-15,20,22H,5-9,16-19,21H2,1-4H3,(H,30,36). The van der Waals surface area contributed by atoms with Gasteiger partial charge in [-0.05, 0) is 100 Å². The van der Waals surface area contributed by atoms with Gasteiger partial charge in [0.25, 0.3) is 0 Å². The molecule has 2 aromatic carbocycles. The predicted octanol–water partition coefficient (Wildman–Crippen LogP) is 6.04. The summed E-state index contributed by atoms with van der Waals surface area (Å²) in [6.07, 6.45) is 4.59. The molecule has 196 valence electrons. The average Bonchev–Trinajstić information content (AvgIpc) is 2.86. The number of hydrogen-bond donors (Lipinski definition) is 1. The number of nitrogens with one attached hydrogen (secondary N) is 1. The van der Waals surface area contributed by atoms with Crippen LogP contribution in [0.4, 0.5) is 11.4 Å². The number of carbonyl (C=O) groups is 1. The van der Waals surface area contributed by atoms with Gasteiger partial charge in [-0.15, -0.1) is 0 Å². The van der Waals surface area contributed by atoms with Crippen molar-refractivity contribution in [1.29, 1.82) is 0 Å². The Morgan fingerprint density at radius 3 is 2.64 bits per heavy atom. The fourth-order valence-corrected chi connectivity index (χ4v) is 4.76. The molecule has 0 spiro atoms. The third-order valence-electron chi connectivity index (χ3n) is 6.18. The molecule has 0 aromatic heterocycles. The number of thiocarbonyl (C=S) groups is 1. The van der Waals surface area contributed by atoms with Crippen LogP contribution in [0.2, 0.25) is 0 Å². The van der Waals surface area contributed by atoms with Crippen molar-refractivity contribution >= 4 is 34.7 Å². The van der Waals surface area contributed by atoms with Crippen molar-refractivity contribution in [1.82, 2.24) is 4.90 Å². The summed E-state index contributed by atoms with van der Waals surface area (Å²) in [4.78, 5) is 16.7. The van der Waals surface area contributed by atoms with Gasteiger partial charge >= 0.3 is 5.97 Å². The molecule has 0 radical (unpaired) electrons. The largest absolute Gasteiger partial charge is 0.462 e. The molecular formula is C29H41N3O3S. The normalized spacial score (nSPS) is 12.9. The second-order valence-electron chi connectivity index (χ2n) is 9.48. The number of esters is 1. The van der Waals surface area contributed by atoms with Crippen LogP contribution in [0, 0.1) is 0 Å². The van der Waals surface area contributed by atoms with E-state index in [1.54, 1.807) is 19.1 Å². The molecule has 3 rings (SSSR count). The smallest absolute Gasteiger partial charge is 0.338 e. The number of nitrogens with zero attached hydrogens (tertiary/aromatic N) is 2. The van der Waals surface area contributed by atoms with Crippen molar-refractivity contribution in [2.45, 2.75) is 66.0 Å². The molecule has 0 unspecified atom stereocenters. The quantitative estimate of drug-likeness (QED) is 0.212. The highest BCUT2D eigenvalue weighted by Crippen LogP contribution is 2.28. The van der Waals surface area contributed by atoms with E-state index in [9.17, 15) is 4.79 Å². The van der Waals surface area contributed by atoms with Crippen LogP contribution in [-0.2, 0) is 22.4 Å². The number of benzene rings is 2. The lowest BCUT2D eigenvalue weighted by Gasteiger charge is -2.32. The summed E-state index contributed by atoms with van der Waals surface area (Å²) in [6.45, 7) is 13.0. The number of hydrogen-bond acceptors (Lipinski definition) is 5. The lowest BCUT2D eigenvalue weighted by Crippen LogP contribution is -2.36. The zero-order chi connectivity index (χ0) is 25.9. The molecule has 0 atom stereocenters. The molecule has 1 aliphatic rings. The average molecular weight is 512 g/mol. The molecule has 0 saturated carbocycles. The van der Waals surface area contributed by atoms with Crippen LogP contribution >= 0.6 is 12.2 Å². The van der Waals surface area contributed by atoms with Crippen LogP contribution in [0.1, 0.15) is 68.4 Å². The lowest BCUT2D eigenvalue weighted by atomic mass is 9.99. The Bertz CT molecular complexity index is 994. The van der Waals surface area contributed by atoms with Gasteiger partial charge in [0.1, 0.15) is 0 Å². The van der Waals surface area contributed by atoms with Crippen molar-refractivity contribution in [3.63, 3.8) is 0 Å². The summed E-state index contributed by atoms with van der Waals surface area (Å²) in [5, 5.41) is 4.01. The Labute approximate surface area is 222 Å². The van der Waals surface area contributed by atoms with Gasteiger partial charge in [0.2, 0.25) is 0 Å². The molecule has 1 N–H and O–H groups in total. The summed E-state index contributed by atoms with van der Waals surface area (Å²) in [5.41, 5.74) is 5.45. The maximum atomic E-state index is 12.0. The first kappa shape index (κ1) is 27.9. The Hall–Kier alpha value is -2.64. The minimum Gasteiger partial charge on any atom is -0.462 e.